The number of nitrogens with zero attached hydrogens (tertiary/aromatic N) is 2. The maximum absolute atomic E-state index is 4.51. The standard InChI is InChI=1S/C29H40N4/c1-21-9-11-25(12-10-21)31-29-19-22(2)30-28-14-13-26(20-27(28)29)33-17-15-32(16-18-33)23(3)24-7-5-4-6-8-24/h9-14,20,22,24,29-31H,3-8,15-19H2,1-2H3. The summed E-state index contributed by atoms with van der Waals surface area (Å²) in [5.74, 6) is 0.718. The van der Waals surface area contributed by atoms with Crippen LogP contribution in [0.4, 0.5) is 17.1 Å². The second-order valence-corrected chi connectivity index (χ2v) is 10.4. The van der Waals surface area contributed by atoms with Gasteiger partial charge in [0, 0.05) is 55.0 Å². The predicted octanol–water partition coefficient (Wildman–Crippen LogP) is 6.57. The number of piperazine rings is 1. The van der Waals surface area contributed by atoms with Crippen molar-refractivity contribution in [2.75, 3.05) is 41.7 Å². The fourth-order valence-corrected chi connectivity index (χ4v) is 5.90. The first-order valence-electron chi connectivity index (χ1n) is 13.0. The fourth-order valence-electron chi connectivity index (χ4n) is 5.90. The van der Waals surface area contributed by atoms with Crippen LogP contribution >= 0.6 is 0 Å². The number of rotatable bonds is 5. The smallest absolute Gasteiger partial charge is 0.0554 e. The van der Waals surface area contributed by atoms with Crippen LogP contribution in [0.5, 0.6) is 0 Å². The molecule has 2 aromatic carbocycles. The van der Waals surface area contributed by atoms with E-state index >= 15 is 0 Å². The molecule has 33 heavy (non-hydrogen) atoms. The Morgan fingerprint density at radius 3 is 2.42 bits per heavy atom. The first kappa shape index (κ1) is 22.2. The molecular weight excluding hydrogens is 404 g/mol. The van der Waals surface area contributed by atoms with E-state index in [2.05, 4.69) is 83.3 Å². The Bertz CT molecular complexity index is 952. The SMILES string of the molecule is C=C(C1CCCCC1)N1CCN(c2ccc3c(c2)C(Nc2ccc(C)cc2)CC(C)N3)CC1. The summed E-state index contributed by atoms with van der Waals surface area (Å²) in [6.07, 6.45) is 7.92. The molecule has 2 atom stereocenters. The van der Waals surface area contributed by atoms with Gasteiger partial charge in [0.15, 0.2) is 0 Å². The van der Waals surface area contributed by atoms with E-state index in [-0.39, 0.29) is 0 Å². The largest absolute Gasteiger partial charge is 0.382 e. The fraction of sp³-hybridized carbons (Fsp3) is 0.517. The van der Waals surface area contributed by atoms with Crippen LogP contribution < -0.4 is 15.5 Å². The van der Waals surface area contributed by atoms with Crippen molar-refractivity contribution < 1.29 is 0 Å². The first-order chi connectivity index (χ1) is 16.1. The van der Waals surface area contributed by atoms with Gasteiger partial charge in [-0.1, -0.05) is 43.5 Å². The van der Waals surface area contributed by atoms with E-state index in [0.29, 0.717) is 12.1 Å². The van der Waals surface area contributed by atoms with Crippen LogP contribution in [0.3, 0.4) is 0 Å². The monoisotopic (exact) mass is 444 g/mol. The third-order valence-corrected chi connectivity index (χ3v) is 7.92. The zero-order valence-electron chi connectivity index (χ0n) is 20.4. The molecule has 2 fully saturated rings. The molecule has 3 aliphatic rings. The molecule has 0 radical (unpaired) electrons. The molecule has 1 aliphatic carbocycles. The highest BCUT2D eigenvalue weighted by Crippen LogP contribution is 2.38. The second-order valence-electron chi connectivity index (χ2n) is 10.4. The van der Waals surface area contributed by atoms with Gasteiger partial charge < -0.3 is 20.4 Å². The molecule has 1 saturated carbocycles. The minimum absolute atomic E-state index is 0.325. The lowest BCUT2D eigenvalue weighted by molar-refractivity contribution is 0.257. The Labute approximate surface area is 200 Å². The molecule has 0 spiro atoms. The van der Waals surface area contributed by atoms with E-state index < -0.39 is 0 Å². The third-order valence-electron chi connectivity index (χ3n) is 7.92. The van der Waals surface area contributed by atoms with Gasteiger partial charge in [-0.3, -0.25) is 0 Å². The van der Waals surface area contributed by atoms with Gasteiger partial charge in [-0.25, -0.2) is 0 Å². The normalized spacial score (nSPS) is 23.6. The van der Waals surface area contributed by atoms with Gasteiger partial charge in [-0.05, 0) is 74.9 Å². The van der Waals surface area contributed by atoms with Crippen molar-refractivity contribution in [2.45, 2.75) is 64.5 Å². The summed E-state index contributed by atoms with van der Waals surface area (Å²) in [6, 6.07) is 16.6. The molecule has 4 nitrogen and oxygen atoms in total. The molecule has 0 amide bonds. The molecular formula is C29H40N4. The summed E-state index contributed by atoms with van der Waals surface area (Å²) >= 11 is 0. The summed E-state index contributed by atoms with van der Waals surface area (Å²) in [7, 11) is 0. The van der Waals surface area contributed by atoms with Gasteiger partial charge in [0.1, 0.15) is 0 Å². The molecule has 0 bridgehead atoms. The number of aryl methyl sites for hydroxylation is 1. The molecule has 1 saturated heterocycles. The van der Waals surface area contributed by atoms with Gasteiger partial charge in [0.2, 0.25) is 0 Å². The molecule has 2 N–H and O–H groups in total. The zero-order valence-corrected chi connectivity index (χ0v) is 20.4. The summed E-state index contributed by atoms with van der Waals surface area (Å²) in [5.41, 5.74) is 7.91. The number of anilines is 3. The quantitative estimate of drug-likeness (QED) is 0.546. The average Bonchev–Trinajstić information content (AvgIpc) is 2.85. The van der Waals surface area contributed by atoms with Crippen LogP contribution in [0.15, 0.2) is 54.7 Å². The third kappa shape index (κ3) is 5.00. The van der Waals surface area contributed by atoms with Crippen molar-refractivity contribution in [2.24, 2.45) is 5.92 Å². The predicted molar refractivity (Wildman–Crippen MR) is 141 cm³/mol. The van der Waals surface area contributed by atoms with E-state index in [1.807, 2.05) is 0 Å². The van der Waals surface area contributed by atoms with E-state index in [4.69, 9.17) is 0 Å². The van der Waals surface area contributed by atoms with Crippen molar-refractivity contribution in [1.82, 2.24) is 4.90 Å². The number of fused-ring (bicyclic) bond motifs is 1. The number of allylic oxidation sites excluding steroid dienone is 1. The van der Waals surface area contributed by atoms with Crippen LogP contribution in [0.25, 0.3) is 0 Å². The van der Waals surface area contributed by atoms with Gasteiger partial charge in [0.25, 0.3) is 0 Å². The van der Waals surface area contributed by atoms with Crippen molar-refractivity contribution in [3.05, 3.63) is 65.9 Å². The Hall–Kier alpha value is -2.62. The van der Waals surface area contributed by atoms with E-state index in [1.165, 1.54) is 66.0 Å². The van der Waals surface area contributed by atoms with Gasteiger partial charge in [-0.2, -0.15) is 0 Å². The van der Waals surface area contributed by atoms with E-state index in [9.17, 15) is 0 Å². The van der Waals surface area contributed by atoms with Crippen molar-refractivity contribution in [3.63, 3.8) is 0 Å². The number of hydrogen-bond acceptors (Lipinski definition) is 4. The highest BCUT2D eigenvalue weighted by Gasteiger charge is 2.27. The maximum Gasteiger partial charge on any atom is 0.0554 e. The van der Waals surface area contributed by atoms with E-state index in [0.717, 1.165) is 38.5 Å². The molecule has 2 heterocycles. The minimum atomic E-state index is 0.325. The highest BCUT2D eigenvalue weighted by atomic mass is 15.3. The average molecular weight is 445 g/mol. The number of hydrogen-bond donors (Lipinski definition) is 2. The molecule has 176 valence electrons. The summed E-state index contributed by atoms with van der Waals surface area (Å²) in [4.78, 5) is 5.13. The van der Waals surface area contributed by atoms with Crippen molar-refractivity contribution in [1.29, 1.82) is 0 Å². The van der Waals surface area contributed by atoms with Crippen LogP contribution in [0.1, 0.15) is 62.6 Å². The lowest BCUT2D eigenvalue weighted by atomic mass is 9.86. The maximum atomic E-state index is 4.51. The van der Waals surface area contributed by atoms with Gasteiger partial charge in [-0.15, -0.1) is 0 Å². The molecule has 4 heteroatoms. The van der Waals surface area contributed by atoms with Gasteiger partial charge in [0.05, 0.1) is 6.04 Å². The molecule has 0 aromatic heterocycles. The molecule has 2 aliphatic heterocycles. The lowest BCUT2D eigenvalue weighted by Gasteiger charge is -2.41. The Kier molecular flexibility index (Phi) is 6.52. The Morgan fingerprint density at radius 2 is 1.70 bits per heavy atom. The topological polar surface area (TPSA) is 30.5 Å². The summed E-state index contributed by atoms with van der Waals surface area (Å²) in [5, 5.41) is 7.50. The van der Waals surface area contributed by atoms with Gasteiger partial charge >= 0.3 is 0 Å². The van der Waals surface area contributed by atoms with Crippen molar-refractivity contribution in [3.8, 4) is 0 Å². The van der Waals surface area contributed by atoms with Crippen LogP contribution in [-0.4, -0.2) is 37.1 Å². The van der Waals surface area contributed by atoms with Crippen molar-refractivity contribution >= 4 is 17.1 Å². The summed E-state index contributed by atoms with van der Waals surface area (Å²) < 4.78 is 0. The zero-order chi connectivity index (χ0) is 22.8. The first-order valence-corrected chi connectivity index (χ1v) is 13.0. The highest BCUT2D eigenvalue weighted by molar-refractivity contribution is 5.65. The molecule has 2 aromatic rings. The van der Waals surface area contributed by atoms with Crippen LogP contribution in [0.2, 0.25) is 0 Å². The second kappa shape index (κ2) is 9.70. The van der Waals surface area contributed by atoms with E-state index in [1.54, 1.807) is 0 Å². The molecule has 5 rings (SSSR count). The summed E-state index contributed by atoms with van der Waals surface area (Å²) in [6.45, 7) is 13.3. The lowest BCUT2D eigenvalue weighted by Crippen LogP contribution is -2.46. The van der Waals surface area contributed by atoms with Crippen LogP contribution in [-0.2, 0) is 0 Å². The number of nitrogens with one attached hydrogen (secondary N) is 2. The Morgan fingerprint density at radius 1 is 0.970 bits per heavy atom. The Balaban J connectivity index is 1.27. The molecule has 2 unspecified atom stereocenters. The minimum Gasteiger partial charge on any atom is -0.382 e. The van der Waals surface area contributed by atoms with Crippen LogP contribution in [0, 0.1) is 12.8 Å². The number of benzene rings is 2.